The van der Waals surface area contributed by atoms with Gasteiger partial charge in [0.15, 0.2) is 11.5 Å². The van der Waals surface area contributed by atoms with Gasteiger partial charge in [-0.15, -0.1) is 0 Å². The summed E-state index contributed by atoms with van der Waals surface area (Å²) in [5.74, 6) is 1.42. The van der Waals surface area contributed by atoms with Crippen molar-refractivity contribution in [3.63, 3.8) is 0 Å². The van der Waals surface area contributed by atoms with Gasteiger partial charge in [0.2, 0.25) is 12.7 Å². The molecule has 0 fully saturated rings. The summed E-state index contributed by atoms with van der Waals surface area (Å²) in [6, 6.07) is 12.9. The molecule has 0 spiro atoms. The molecule has 0 saturated carbocycles. The standard InChI is InChI=1S/C17H16ClNO3/c1-11(13-4-7-15-16(9-13)22-10-21-15)19-17(20)8-12-2-5-14(18)6-3-12/h2-7,9,11H,8,10H2,1H3,(H,19,20)/t11-/m0/s1. The Bertz CT molecular complexity index is 685. The van der Waals surface area contributed by atoms with Gasteiger partial charge in [-0.25, -0.2) is 0 Å². The van der Waals surface area contributed by atoms with E-state index < -0.39 is 0 Å². The molecule has 3 rings (SSSR count). The second kappa shape index (κ2) is 6.28. The number of carbonyl (C=O) groups excluding carboxylic acids is 1. The Kier molecular flexibility index (Phi) is 4.20. The number of carbonyl (C=O) groups is 1. The molecule has 4 nitrogen and oxygen atoms in total. The third kappa shape index (κ3) is 3.34. The number of amides is 1. The topological polar surface area (TPSA) is 47.6 Å². The molecule has 22 heavy (non-hydrogen) atoms. The lowest BCUT2D eigenvalue weighted by molar-refractivity contribution is -0.121. The van der Waals surface area contributed by atoms with E-state index in [2.05, 4.69) is 5.32 Å². The van der Waals surface area contributed by atoms with E-state index in [1.807, 2.05) is 37.3 Å². The Morgan fingerprint density at radius 3 is 2.68 bits per heavy atom. The van der Waals surface area contributed by atoms with Crippen LogP contribution in [0.5, 0.6) is 11.5 Å². The first-order chi connectivity index (χ1) is 10.6. The maximum atomic E-state index is 12.1. The van der Waals surface area contributed by atoms with Gasteiger partial charge in [-0.1, -0.05) is 29.8 Å². The molecule has 1 aliphatic heterocycles. The predicted molar refractivity (Wildman–Crippen MR) is 84.3 cm³/mol. The van der Waals surface area contributed by atoms with Gasteiger partial charge in [0.05, 0.1) is 12.5 Å². The van der Waals surface area contributed by atoms with Crippen LogP contribution in [0, 0.1) is 0 Å². The van der Waals surface area contributed by atoms with Gasteiger partial charge in [-0.2, -0.15) is 0 Å². The fourth-order valence-corrected chi connectivity index (χ4v) is 2.47. The minimum absolute atomic E-state index is 0.0347. The van der Waals surface area contributed by atoms with Crippen LogP contribution in [0.2, 0.25) is 5.02 Å². The lowest BCUT2D eigenvalue weighted by Gasteiger charge is -2.15. The normalized spacial score (nSPS) is 13.7. The van der Waals surface area contributed by atoms with E-state index in [0.29, 0.717) is 11.4 Å². The number of rotatable bonds is 4. The first-order valence-electron chi connectivity index (χ1n) is 7.05. The molecule has 0 bridgehead atoms. The average molecular weight is 318 g/mol. The Balaban J connectivity index is 1.62. The fraction of sp³-hybridized carbons (Fsp3) is 0.235. The molecule has 1 amide bonds. The predicted octanol–water partition coefficient (Wildman–Crippen LogP) is 3.49. The van der Waals surface area contributed by atoms with Crippen molar-refractivity contribution in [2.75, 3.05) is 6.79 Å². The highest BCUT2D eigenvalue weighted by Crippen LogP contribution is 2.34. The van der Waals surface area contributed by atoms with Gasteiger partial charge in [-0.3, -0.25) is 4.79 Å². The number of halogens is 1. The summed E-state index contributed by atoms with van der Waals surface area (Å²) < 4.78 is 10.6. The first kappa shape index (κ1) is 14.7. The smallest absolute Gasteiger partial charge is 0.231 e. The van der Waals surface area contributed by atoms with Crippen LogP contribution in [0.4, 0.5) is 0 Å². The molecule has 0 aromatic heterocycles. The average Bonchev–Trinajstić information content (AvgIpc) is 2.97. The molecular formula is C17H16ClNO3. The van der Waals surface area contributed by atoms with E-state index in [4.69, 9.17) is 21.1 Å². The monoisotopic (exact) mass is 317 g/mol. The fourth-order valence-electron chi connectivity index (χ4n) is 2.35. The minimum Gasteiger partial charge on any atom is -0.454 e. The molecule has 1 atom stereocenters. The summed E-state index contributed by atoms with van der Waals surface area (Å²) in [5, 5.41) is 3.65. The van der Waals surface area contributed by atoms with E-state index in [-0.39, 0.29) is 18.7 Å². The summed E-state index contributed by atoms with van der Waals surface area (Å²) in [5.41, 5.74) is 1.91. The van der Waals surface area contributed by atoms with E-state index in [0.717, 1.165) is 22.6 Å². The quantitative estimate of drug-likeness (QED) is 0.939. The zero-order valence-corrected chi connectivity index (χ0v) is 12.9. The highest BCUT2D eigenvalue weighted by atomic mass is 35.5. The van der Waals surface area contributed by atoms with Crippen molar-refractivity contribution >= 4 is 17.5 Å². The molecule has 1 N–H and O–H groups in total. The number of fused-ring (bicyclic) bond motifs is 1. The number of hydrogen-bond acceptors (Lipinski definition) is 3. The number of benzene rings is 2. The highest BCUT2D eigenvalue weighted by Gasteiger charge is 2.16. The zero-order chi connectivity index (χ0) is 15.5. The molecule has 1 aliphatic rings. The van der Waals surface area contributed by atoms with E-state index in [1.54, 1.807) is 12.1 Å². The Hall–Kier alpha value is -2.20. The lowest BCUT2D eigenvalue weighted by atomic mass is 10.1. The molecule has 114 valence electrons. The molecule has 5 heteroatoms. The van der Waals surface area contributed by atoms with E-state index in [1.165, 1.54) is 0 Å². The summed E-state index contributed by atoms with van der Waals surface area (Å²) >= 11 is 5.84. The molecule has 0 unspecified atom stereocenters. The van der Waals surface area contributed by atoms with Crippen molar-refractivity contribution in [1.29, 1.82) is 0 Å². The Labute approximate surface area is 134 Å². The van der Waals surface area contributed by atoms with Gasteiger partial charge in [0.25, 0.3) is 0 Å². The van der Waals surface area contributed by atoms with E-state index >= 15 is 0 Å². The van der Waals surface area contributed by atoms with Gasteiger partial charge in [0, 0.05) is 5.02 Å². The van der Waals surface area contributed by atoms with Crippen LogP contribution in [-0.4, -0.2) is 12.7 Å². The van der Waals surface area contributed by atoms with Gasteiger partial charge >= 0.3 is 0 Å². The van der Waals surface area contributed by atoms with Gasteiger partial charge in [-0.05, 0) is 42.3 Å². The van der Waals surface area contributed by atoms with E-state index in [9.17, 15) is 4.79 Å². The zero-order valence-electron chi connectivity index (χ0n) is 12.1. The highest BCUT2D eigenvalue weighted by molar-refractivity contribution is 6.30. The van der Waals surface area contributed by atoms with Crippen molar-refractivity contribution in [3.8, 4) is 11.5 Å². The maximum absolute atomic E-state index is 12.1. The van der Waals surface area contributed by atoms with Crippen LogP contribution in [0.1, 0.15) is 24.1 Å². The van der Waals surface area contributed by atoms with Crippen LogP contribution in [0.3, 0.4) is 0 Å². The SMILES string of the molecule is C[C@H](NC(=O)Cc1ccc(Cl)cc1)c1ccc2c(c1)OCO2. The number of nitrogens with one attached hydrogen (secondary N) is 1. The largest absolute Gasteiger partial charge is 0.454 e. The van der Waals surface area contributed by atoms with Crippen LogP contribution in [0.15, 0.2) is 42.5 Å². The van der Waals surface area contributed by atoms with Crippen LogP contribution < -0.4 is 14.8 Å². The maximum Gasteiger partial charge on any atom is 0.231 e. The third-order valence-electron chi connectivity index (χ3n) is 3.55. The third-order valence-corrected chi connectivity index (χ3v) is 3.80. The Morgan fingerprint density at radius 2 is 1.91 bits per heavy atom. The van der Waals surface area contributed by atoms with Crippen molar-refractivity contribution in [3.05, 3.63) is 58.6 Å². The second-order valence-electron chi connectivity index (χ2n) is 5.21. The lowest BCUT2D eigenvalue weighted by Crippen LogP contribution is -2.28. The van der Waals surface area contributed by atoms with Crippen LogP contribution >= 0.6 is 11.6 Å². The molecule has 1 heterocycles. The summed E-state index contributed by atoms with van der Waals surface area (Å²) in [6.45, 7) is 2.19. The number of hydrogen-bond donors (Lipinski definition) is 1. The van der Waals surface area contributed by atoms with Crippen molar-refractivity contribution in [1.82, 2.24) is 5.32 Å². The van der Waals surface area contributed by atoms with Crippen molar-refractivity contribution < 1.29 is 14.3 Å². The molecule has 0 aliphatic carbocycles. The molecule has 0 saturated heterocycles. The summed E-state index contributed by atoms with van der Waals surface area (Å²) in [6.07, 6.45) is 0.325. The molecule has 2 aromatic carbocycles. The molecular weight excluding hydrogens is 302 g/mol. The van der Waals surface area contributed by atoms with Gasteiger partial charge in [0.1, 0.15) is 0 Å². The van der Waals surface area contributed by atoms with Crippen molar-refractivity contribution in [2.24, 2.45) is 0 Å². The van der Waals surface area contributed by atoms with Gasteiger partial charge < -0.3 is 14.8 Å². The van der Waals surface area contributed by atoms with Crippen molar-refractivity contribution in [2.45, 2.75) is 19.4 Å². The molecule has 0 radical (unpaired) electrons. The molecule has 2 aromatic rings. The minimum atomic E-state index is -0.102. The first-order valence-corrected chi connectivity index (χ1v) is 7.43. The Morgan fingerprint density at radius 1 is 1.18 bits per heavy atom. The van der Waals surface area contributed by atoms with Crippen LogP contribution in [0.25, 0.3) is 0 Å². The summed E-state index contributed by atoms with van der Waals surface area (Å²) in [4.78, 5) is 12.1. The van der Waals surface area contributed by atoms with Crippen LogP contribution in [-0.2, 0) is 11.2 Å². The summed E-state index contributed by atoms with van der Waals surface area (Å²) in [7, 11) is 0. The number of ether oxygens (including phenoxy) is 2. The second-order valence-corrected chi connectivity index (χ2v) is 5.64.